The lowest BCUT2D eigenvalue weighted by Gasteiger charge is -2.28. The lowest BCUT2D eigenvalue weighted by Crippen LogP contribution is -2.10. The van der Waals surface area contributed by atoms with Crippen molar-refractivity contribution in [3.63, 3.8) is 0 Å². The summed E-state index contributed by atoms with van der Waals surface area (Å²) in [5, 5.41) is 12.7. The van der Waals surface area contributed by atoms with Gasteiger partial charge in [0.15, 0.2) is 0 Å². The first-order chi connectivity index (χ1) is 23.8. The minimum Gasteiger partial charge on any atom is -0.308 e. The highest BCUT2D eigenvalue weighted by Gasteiger charge is 2.21. The highest BCUT2D eigenvalue weighted by Crippen LogP contribution is 2.48. The Morgan fingerprint density at radius 1 is 0.354 bits per heavy atom. The predicted octanol–water partition coefficient (Wildman–Crippen LogP) is 13.8. The molecule has 0 saturated carbocycles. The van der Waals surface area contributed by atoms with Crippen LogP contribution >= 0.6 is 11.3 Å². The van der Waals surface area contributed by atoms with Gasteiger partial charge in [-0.1, -0.05) is 146 Å². The van der Waals surface area contributed by atoms with E-state index in [4.69, 9.17) is 0 Å². The first kappa shape index (κ1) is 27.2. The van der Waals surface area contributed by atoms with E-state index < -0.39 is 0 Å². The van der Waals surface area contributed by atoms with E-state index in [1.807, 2.05) is 11.3 Å². The van der Waals surface area contributed by atoms with Gasteiger partial charge in [0.05, 0.1) is 16.1 Å². The van der Waals surface area contributed by atoms with Crippen molar-refractivity contribution in [2.75, 3.05) is 4.90 Å². The van der Waals surface area contributed by atoms with Crippen LogP contribution in [0.25, 0.3) is 74.4 Å². The molecule has 0 bridgehead atoms. The summed E-state index contributed by atoms with van der Waals surface area (Å²) in [5.74, 6) is 0. The molecule has 224 valence electrons. The normalized spacial score (nSPS) is 11.8. The van der Waals surface area contributed by atoms with Gasteiger partial charge in [0.2, 0.25) is 0 Å². The number of fused-ring (bicyclic) bond motifs is 9. The molecule has 0 atom stereocenters. The highest BCUT2D eigenvalue weighted by molar-refractivity contribution is 7.26. The van der Waals surface area contributed by atoms with E-state index in [1.54, 1.807) is 0 Å². The Kier molecular flexibility index (Phi) is 6.12. The van der Waals surface area contributed by atoms with Crippen LogP contribution in [0, 0.1) is 0 Å². The maximum atomic E-state index is 2.49. The number of anilines is 3. The van der Waals surface area contributed by atoms with Crippen molar-refractivity contribution < 1.29 is 0 Å². The summed E-state index contributed by atoms with van der Waals surface area (Å²) in [6.07, 6.45) is 0. The summed E-state index contributed by atoms with van der Waals surface area (Å²) in [6, 6.07) is 64.5. The van der Waals surface area contributed by atoms with Crippen LogP contribution in [0.4, 0.5) is 17.1 Å². The van der Waals surface area contributed by atoms with Crippen LogP contribution in [0.2, 0.25) is 0 Å². The topological polar surface area (TPSA) is 3.24 Å². The molecule has 10 aromatic rings. The molecule has 0 aliphatic rings. The fraction of sp³-hybridized carbons (Fsp3) is 0. The van der Waals surface area contributed by atoms with Gasteiger partial charge < -0.3 is 4.90 Å². The molecule has 1 nitrogen and oxygen atoms in total. The highest BCUT2D eigenvalue weighted by atomic mass is 32.1. The molecule has 1 heterocycles. The summed E-state index contributed by atoms with van der Waals surface area (Å²) in [5.41, 5.74) is 5.97. The van der Waals surface area contributed by atoms with Crippen molar-refractivity contribution >= 4 is 91.7 Å². The summed E-state index contributed by atoms with van der Waals surface area (Å²) < 4.78 is 2.60. The fourth-order valence-electron chi connectivity index (χ4n) is 7.63. The van der Waals surface area contributed by atoms with E-state index >= 15 is 0 Å². The number of rotatable bonds is 4. The van der Waals surface area contributed by atoms with E-state index in [0.717, 1.165) is 5.69 Å². The summed E-state index contributed by atoms with van der Waals surface area (Å²) in [6.45, 7) is 0. The minimum absolute atomic E-state index is 1.13. The molecule has 0 radical (unpaired) electrons. The van der Waals surface area contributed by atoms with Crippen LogP contribution in [0.3, 0.4) is 0 Å². The van der Waals surface area contributed by atoms with Gasteiger partial charge in [-0.3, -0.25) is 0 Å². The largest absolute Gasteiger partial charge is 0.308 e. The summed E-state index contributed by atoms with van der Waals surface area (Å²) in [4.78, 5) is 2.49. The molecule has 0 aliphatic heterocycles. The van der Waals surface area contributed by atoms with Crippen LogP contribution in [-0.2, 0) is 0 Å². The Morgan fingerprint density at radius 3 is 1.83 bits per heavy atom. The van der Waals surface area contributed by atoms with Crippen LogP contribution in [0.15, 0.2) is 176 Å². The Balaban J connectivity index is 1.26. The quantitative estimate of drug-likeness (QED) is 0.176. The third-order valence-electron chi connectivity index (χ3n) is 9.84. The van der Waals surface area contributed by atoms with Crippen molar-refractivity contribution in [1.82, 2.24) is 0 Å². The summed E-state index contributed by atoms with van der Waals surface area (Å²) in [7, 11) is 0. The first-order valence-corrected chi connectivity index (χ1v) is 17.3. The second-order valence-corrected chi connectivity index (χ2v) is 13.5. The Bertz CT molecular complexity index is 2840. The van der Waals surface area contributed by atoms with Crippen molar-refractivity contribution in [2.45, 2.75) is 0 Å². The molecule has 9 aromatic carbocycles. The molecule has 10 rings (SSSR count). The number of benzene rings is 9. The van der Waals surface area contributed by atoms with Gasteiger partial charge in [-0.2, -0.15) is 0 Å². The Morgan fingerprint density at radius 2 is 0.958 bits per heavy atom. The molecule has 0 spiro atoms. The number of hydrogen-bond acceptors (Lipinski definition) is 2. The monoisotopic (exact) mass is 627 g/mol. The molecule has 0 aliphatic carbocycles. The zero-order valence-corrected chi connectivity index (χ0v) is 26.9. The van der Waals surface area contributed by atoms with Gasteiger partial charge in [0, 0.05) is 26.5 Å². The zero-order valence-electron chi connectivity index (χ0n) is 26.1. The van der Waals surface area contributed by atoms with Crippen molar-refractivity contribution in [3.8, 4) is 11.1 Å². The number of hydrogen-bond donors (Lipinski definition) is 0. The van der Waals surface area contributed by atoms with E-state index in [9.17, 15) is 0 Å². The maximum absolute atomic E-state index is 2.49. The van der Waals surface area contributed by atoms with Gasteiger partial charge in [0.25, 0.3) is 0 Å². The van der Waals surface area contributed by atoms with Crippen molar-refractivity contribution in [3.05, 3.63) is 176 Å². The molecular weight excluding hydrogens is 599 g/mol. The molecule has 2 heteroatoms. The van der Waals surface area contributed by atoms with Gasteiger partial charge in [0.1, 0.15) is 0 Å². The lowest BCUT2D eigenvalue weighted by atomic mass is 9.95. The third-order valence-corrected chi connectivity index (χ3v) is 11.0. The fourth-order valence-corrected chi connectivity index (χ4v) is 8.83. The average molecular weight is 628 g/mol. The van der Waals surface area contributed by atoms with E-state index in [2.05, 4.69) is 181 Å². The molecule has 0 saturated heterocycles. The maximum Gasteiger partial charge on any atom is 0.0640 e. The van der Waals surface area contributed by atoms with Gasteiger partial charge in [-0.15, -0.1) is 11.3 Å². The molecule has 0 N–H and O–H groups in total. The predicted molar refractivity (Wildman–Crippen MR) is 209 cm³/mol. The Labute approximate surface area is 282 Å². The second-order valence-electron chi connectivity index (χ2n) is 12.5. The summed E-state index contributed by atoms with van der Waals surface area (Å²) >= 11 is 1.88. The second kappa shape index (κ2) is 10.8. The van der Waals surface area contributed by atoms with Crippen molar-refractivity contribution in [2.24, 2.45) is 0 Å². The lowest BCUT2D eigenvalue weighted by molar-refractivity contribution is 1.32. The molecular formula is C46H29NS. The minimum atomic E-state index is 1.13. The standard InChI is InChI=1S/C46H29NS/c1-3-14-35-30(10-1)12-7-17-36(35)32-22-26-34(27-23-32)47(43-20-9-18-41-39-16-5-6-21-44(39)48-46(41)43)42-19-8-13-33-25-28-38-37-15-4-2-11-31(37)24-29-40(38)45(33)42/h1-29H. The molecule has 0 unspecified atom stereocenters. The van der Waals surface area contributed by atoms with Crippen LogP contribution in [0.5, 0.6) is 0 Å². The molecule has 0 fully saturated rings. The van der Waals surface area contributed by atoms with Crippen LogP contribution < -0.4 is 4.90 Å². The van der Waals surface area contributed by atoms with Crippen LogP contribution in [-0.4, -0.2) is 0 Å². The smallest absolute Gasteiger partial charge is 0.0640 e. The average Bonchev–Trinajstić information content (AvgIpc) is 3.54. The van der Waals surface area contributed by atoms with Crippen LogP contribution in [0.1, 0.15) is 0 Å². The van der Waals surface area contributed by atoms with Gasteiger partial charge >= 0.3 is 0 Å². The SMILES string of the molecule is c1ccc2c(-c3ccc(N(c4cccc5c4sc4ccccc45)c4cccc5ccc6c7ccccc7ccc6c45)cc3)cccc2c1. The van der Waals surface area contributed by atoms with E-state index in [0.29, 0.717) is 0 Å². The molecule has 48 heavy (non-hydrogen) atoms. The van der Waals surface area contributed by atoms with Gasteiger partial charge in [-0.25, -0.2) is 0 Å². The molecule has 0 amide bonds. The molecule has 1 aromatic heterocycles. The third kappa shape index (κ3) is 4.17. The van der Waals surface area contributed by atoms with Crippen molar-refractivity contribution in [1.29, 1.82) is 0 Å². The Hall–Kier alpha value is -5.96. The van der Waals surface area contributed by atoms with E-state index in [-0.39, 0.29) is 0 Å². The van der Waals surface area contributed by atoms with E-state index in [1.165, 1.54) is 85.8 Å². The van der Waals surface area contributed by atoms with Gasteiger partial charge in [-0.05, 0) is 79.2 Å². The first-order valence-electron chi connectivity index (χ1n) is 16.4. The number of thiophene rings is 1. The zero-order chi connectivity index (χ0) is 31.6. The number of nitrogens with zero attached hydrogens (tertiary/aromatic N) is 1.